The van der Waals surface area contributed by atoms with Gasteiger partial charge >= 0.3 is 0 Å². The number of furan rings is 3. The fourth-order valence-electron chi connectivity index (χ4n) is 7.38. The van der Waals surface area contributed by atoms with Crippen molar-refractivity contribution >= 4 is 65.9 Å². The minimum atomic E-state index is 0.646. The van der Waals surface area contributed by atoms with Gasteiger partial charge in [0, 0.05) is 38.1 Å². The second kappa shape index (κ2) is 10.8. The van der Waals surface area contributed by atoms with Gasteiger partial charge in [0.1, 0.15) is 39.1 Å². The third kappa shape index (κ3) is 4.42. The highest BCUT2D eigenvalue weighted by Crippen LogP contribution is 2.40. The third-order valence-corrected chi connectivity index (χ3v) is 9.90. The van der Waals surface area contributed by atoms with Crippen molar-refractivity contribution in [2.45, 2.75) is 0 Å². The minimum Gasteiger partial charge on any atom is -0.456 e. The summed E-state index contributed by atoms with van der Waals surface area (Å²) in [5, 5.41) is 5.21. The van der Waals surface area contributed by atoms with Crippen molar-refractivity contribution in [3.8, 4) is 44.9 Å². The maximum atomic E-state index is 6.58. The minimum absolute atomic E-state index is 0.646. The van der Waals surface area contributed by atoms with Crippen LogP contribution in [0, 0.1) is 0 Å². The van der Waals surface area contributed by atoms with Gasteiger partial charge in [-0.2, -0.15) is 0 Å². The Hall–Kier alpha value is -6.98. The largest absolute Gasteiger partial charge is 0.456 e. The van der Waals surface area contributed by atoms with Crippen LogP contribution in [-0.2, 0) is 0 Å². The Morgan fingerprint density at radius 1 is 0.314 bits per heavy atom. The lowest BCUT2D eigenvalue weighted by atomic mass is 10.00. The fraction of sp³-hybridized carbons (Fsp3) is 0. The molecule has 5 heteroatoms. The van der Waals surface area contributed by atoms with E-state index in [9.17, 15) is 0 Å². The predicted octanol–water partition coefficient (Wildman–Crippen LogP) is 12.8. The second-order valence-electron chi connectivity index (χ2n) is 13.0. The van der Waals surface area contributed by atoms with E-state index in [0.29, 0.717) is 11.4 Å². The standard InChI is InChI=1S/C46H26N2O3/c1-3-9-27(10-4-1)29-15-21-42-37(25-29)44-45(51-42)43(47-46(48-44)28-11-5-2-6-12-28)32-18-22-41-36(26-32)35-24-31(17-20-40(35)50-41)30-16-19-39-34(23-30)33-13-7-8-14-38(33)49-39/h1-26H. The molecular weight excluding hydrogens is 629 g/mol. The van der Waals surface area contributed by atoms with E-state index in [-0.39, 0.29) is 0 Å². The molecule has 0 bridgehead atoms. The molecule has 11 aromatic rings. The second-order valence-corrected chi connectivity index (χ2v) is 13.0. The van der Waals surface area contributed by atoms with E-state index in [0.717, 1.165) is 99.4 Å². The molecule has 238 valence electrons. The average Bonchev–Trinajstić information content (AvgIpc) is 3.88. The molecular formula is C46H26N2O3. The van der Waals surface area contributed by atoms with Crippen molar-refractivity contribution in [1.29, 1.82) is 0 Å². The number of aromatic nitrogens is 2. The molecule has 0 spiro atoms. The number of benzene rings is 7. The molecule has 5 nitrogen and oxygen atoms in total. The number of fused-ring (bicyclic) bond motifs is 9. The summed E-state index contributed by atoms with van der Waals surface area (Å²) in [6, 6.07) is 54.0. The van der Waals surface area contributed by atoms with Crippen LogP contribution < -0.4 is 0 Å². The lowest BCUT2D eigenvalue weighted by Crippen LogP contribution is -1.93. The van der Waals surface area contributed by atoms with Crippen LogP contribution in [0.5, 0.6) is 0 Å². The Balaban J connectivity index is 1.10. The molecule has 11 rings (SSSR count). The van der Waals surface area contributed by atoms with E-state index in [2.05, 4.69) is 91.0 Å². The molecule has 0 unspecified atom stereocenters. The van der Waals surface area contributed by atoms with Crippen molar-refractivity contribution in [1.82, 2.24) is 9.97 Å². The Labute approximate surface area is 291 Å². The summed E-state index contributed by atoms with van der Waals surface area (Å²) in [5.41, 5.74) is 12.7. The number of rotatable bonds is 4. The monoisotopic (exact) mass is 654 g/mol. The van der Waals surface area contributed by atoms with Gasteiger partial charge in [-0.3, -0.25) is 0 Å². The van der Waals surface area contributed by atoms with Crippen LogP contribution in [0.1, 0.15) is 0 Å². The Morgan fingerprint density at radius 3 is 1.45 bits per heavy atom. The first-order valence-corrected chi connectivity index (χ1v) is 17.0. The normalized spacial score (nSPS) is 11.9. The van der Waals surface area contributed by atoms with Crippen LogP contribution >= 0.6 is 0 Å². The summed E-state index contributed by atoms with van der Waals surface area (Å²) < 4.78 is 19.0. The highest BCUT2D eigenvalue weighted by Gasteiger charge is 2.20. The maximum Gasteiger partial charge on any atom is 0.180 e. The number of nitrogens with zero attached hydrogens (tertiary/aromatic N) is 2. The van der Waals surface area contributed by atoms with Crippen LogP contribution in [0.25, 0.3) is 111 Å². The molecule has 4 aromatic heterocycles. The third-order valence-electron chi connectivity index (χ3n) is 9.90. The van der Waals surface area contributed by atoms with Gasteiger partial charge < -0.3 is 13.3 Å². The smallest absolute Gasteiger partial charge is 0.180 e. The molecule has 4 heterocycles. The summed E-state index contributed by atoms with van der Waals surface area (Å²) >= 11 is 0. The van der Waals surface area contributed by atoms with Crippen LogP contribution in [0.2, 0.25) is 0 Å². The number of hydrogen-bond acceptors (Lipinski definition) is 5. The van der Waals surface area contributed by atoms with Gasteiger partial charge in [0.25, 0.3) is 0 Å². The first kappa shape index (κ1) is 27.9. The summed E-state index contributed by atoms with van der Waals surface area (Å²) in [6.07, 6.45) is 0. The Morgan fingerprint density at radius 2 is 0.784 bits per heavy atom. The SMILES string of the molecule is c1ccc(-c2ccc3oc4c(-c5ccc6oc7ccc(-c8ccc9oc%10ccccc%10c9c8)cc7c6c5)nc(-c5ccccc5)nc4c3c2)cc1. The molecule has 0 N–H and O–H groups in total. The van der Waals surface area contributed by atoms with Crippen LogP contribution in [0.15, 0.2) is 171 Å². The van der Waals surface area contributed by atoms with Gasteiger partial charge in [-0.15, -0.1) is 0 Å². The highest BCUT2D eigenvalue weighted by molar-refractivity contribution is 6.12. The van der Waals surface area contributed by atoms with Crippen molar-refractivity contribution in [3.63, 3.8) is 0 Å². The molecule has 0 aliphatic heterocycles. The van der Waals surface area contributed by atoms with Crippen molar-refractivity contribution in [3.05, 3.63) is 158 Å². The van der Waals surface area contributed by atoms with E-state index < -0.39 is 0 Å². The molecule has 0 saturated carbocycles. The number of para-hydroxylation sites is 1. The summed E-state index contributed by atoms with van der Waals surface area (Å²) in [4.78, 5) is 10.3. The summed E-state index contributed by atoms with van der Waals surface area (Å²) in [6.45, 7) is 0. The van der Waals surface area contributed by atoms with Crippen LogP contribution in [0.4, 0.5) is 0 Å². The molecule has 0 aliphatic carbocycles. The van der Waals surface area contributed by atoms with Crippen molar-refractivity contribution < 1.29 is 13.3 Å². The average molecular weight is 655 g/mol. The van der Waals surface area contributed by atoms with Gasteiger partial charge in [-0.25, -0.2) is 9.97 Å². The quantitative estimate of drug-likeness (QED) is 0.189. The molecule has 0 atom stereocenters. The molecule has 0 fully saturated rings. The zero-order valence-corrected chi connectivity index (χ0v) is 27.1. The summed E-state index contributed by atoms with van der Waals surface area (Å²) in [5.74, 6) is 0.646. The Kier molecular flexibility index (Phi) is 5.89. The maximum absolute atomic E-state index is 6.58. The predicted molar refractivity (Wildman–Crippen MR) is 206 cm³/mol. The Bertz CT molecular complexity index is 3130. The molecule has 0 aliphatic rings. The molecule has 0 amide bonds. The van der Waals surface area contributed by atoms with Gasteiger partial charge in [0.05, 0.1) is 0 Å². The molecule has 51 heavy (non-hydrogen) atoms. The van der Waals surface area contributed by atoms with Crippen molar-refractivity contribution in [2.75, 3.05) is 0 Å². The van der Waals surface area contributed by atoms with Crippen LogP contribution in [-0.4, -0.2) is 9.97 Å². The highest BCUT2D eigenvalue weighted by atomic mass is 16.3. The van der Waals surface area contributed by atoms with E-state index in [4.69, 9.17) is 23.2 Å². The van der Waals surface area contributed by atoms with Gasteiger partial charge in [0.15, 0.2) is 11.4 Å². The van der Waals surface area contributed by atoms with E-state index in [1.807, 2.05) is 66.7 Å². The number of hydrogen-bond donors (Lipinski definition) is 0. The van der Waals surface area contributed by atoms with Gasteiger partial charge in [-0.05, 0) is 82.9 Å². The molecule has 0 saturated heterocycles. The van der Waals surface area contributed by atoms with E-state index in [1.54, 1.807) is 0 Å². The zero-order chi connectivity index (χ0) is 33.5. The molecule has 0 radical (unpaired) electrons. The summed E-state index contributed by atoms with van der Waals surface area (Å²) in [7, 11) is 0. The van der Waals surface area contributed by atoms with Crippen molar-refractivity contribution in [2.24, 2.45) is 0 Å². The molecule has 7 aromatic carbocycles. The lowest BCUT2D eigenvalue weighted by molar-refractivity contribution is 0.666. The first-order valence-electron chi connectivity index (χ1n) is 17.0. The first-order chi connectivity index (χ1) is 25.2. The fourth-order valence-corrected chi connectivity index (χ4v) is 7.38. The zero-order valence-electron chi connectivity index (χ0n) is 27.1. The topological polar surface area (TPSA) is 65.2 Å². The van der Waals surface area contributed by atoms with E-state index >= 15 is 0 Å². The lowest BCUT2D eigenvalue weighted by Gasteiger charge is -2.07. The van der Waals surface area contributed by atoms with E-state index in [1.165, 1.54) is 0 Å². The van der Waals surface area contributed by atoms with Crippen LogP contribution in [0.3, 0.4) is 0 Å². The van der Waals surface area contributed by atoms with Gasteiger partial charge in [-0.1, -0.05) is 97.1 Å². The van der Waals surface area contributed by atoms with Gasteiger partial charge in [0.2, 0.25) is 0 Å².